The number of nitrogens with one attached hydrogen (secondary N) is 1. The van der Waals surface area contributed by atoms with Gasteiger partial charge in [-0.15, -0.1) is 0 Å². The van der Waals surface area contributed by atoms with Gasteiger partial charge in [-0.25, -0.2) is 4.57 Å². The van der Waals surface area contributed by atoms with Crippen LogP contribution in [0.5, 0.6) is 0 Å². The molecular weight excluding hydrogens is 976 g/mol. The number of allylic oxidation sites excluding steroid dienone is 9. The van der Waals surface area contributed by atoms with Gasteiger partial charge in [0.05, 0.1) is 33.8 Å². The van der Waals surface area contributed by atoms with Crippen molar-refractivity contribution in [3.63, 3.8) is 0 Å². The van der Waals surface area contributed by atoms with Gasteiger partial charge in [0.15, 0.2) is 0 Å². The van der Waals surface area contributed by atoms with Crippen molar-refractivity contribution in [3.8, 4) is 0 Å². The number of likely N-dealkylation sites (N-methyl/N-ethyl adjacent to an activating group) is 1. The van der Waals surface area contributed by atoms with E-state index in [9.17, 15) is 19.0 Å². The third-order valence-electron chi connectivity index (χ3n) is 14.5. The van der Waals surface area contributed by atoms with E-state index in [0.717, 1.165) is 83.5 Å². The van der Waals surface area contributed by atoms with Crippen LogP contribution in [-0.4, -0.2) is 74.3 Å². The number of carbonyl (C=O) groups is 2. The molecule has 0 aliphatic heterocycles. The van der Waals surface area contributed by atoms with Crippen LogP contribution in [0, 0.1) is 0 Å². The van der Waals surface area contributed by atoms with Crippen molar-refractivity contribution in [1.29, 1.82) is 0 Å². The number of unbranched alkanes of at least 4 members (excludes halogenated alkanes) is 35. The molecule has 0 aromatic heterocycles. The van der Waals surface area contributed by atoms with Crippen LogP contribution in [0.4, 0.5) is 0 Å². The molecule has 0 aromatic carbocycles. The molecular formula is C67H126N2O7P+. The molecule has 0 radical (unpaired) electrons. The average molecular weight is 1100 g/mol. The Hall–Kier alpha value is -2.29. The normalized spacial score (nSPS) is 14.0. The maximum atomic E-state index is 13.5. The smallest absolute Gasteiger partial charge is 0.456 e. The van der Waals surface area contributed by atoms with Gasteiger partial charge in [-0.3, -0.25) is 18.6 Å². The van der Waals surface area contributed by atoms with Gasteiger partial charge >= 0.3 is 13.8 Å². The number of phosphoric ester groups is 1. The second kappa shape index (κ2) is 57.0. The van der Waals surface area contributed by atoms with Gasteiger partial charge in [0.2, 0.25) is 5.91 Å². The Morgan fingerprint density at radius 1 is 0.468 bits per heavy atom. The Bertz CT molecular complexity index is 1500. The fraction of sp³-hybridized carbons (Fsp3) is 0.821. The highest BCUT2D eigenvalue weighted by Crippen LogP contribution is 2.43. The van der Waals surface area contributed by atoms with Crippen molar-refractivity contribution in [2.75, 3.05) is 40.9 Å². The number of nitrogens with zero attached hydrogens (tertiary/aromatic N) is 1. The van der Waals surface area contributed by atoms with Crippen molar-refractivity contribution in [3.05, 3.63) is 60.8 Å². The molecule has 0 bridgehead atoms. The van der Waals surface area contributed by atoms with Gasteiger partial charge in [-0.1, -0.05) is 281 Å². The number of phosphoric acid groups is 1. The highest BCUT2D eigenvalue weighted by Gasteiger charge is 2.30. The number of ether oxygens (including phenoxy) is 1. The highest BCUT2D eigenvalue weighted by molar-refractivity contribution is 7.47. The minimum Gasteiger partial charge on any atom is -0.456 e. The molecule has 0 aromatic rings. The van der Waals surface area contributed by atoms with Crippen molar-refractivity contribution in [2.24, 2.45) is 0 Å². The lowest BCUT2D eigenvalue weighted by molar-refractivity contribution is -0.870. The molecule has 0 aliphatic carbocycles. The highest BCUT2D eigenvalue weighted by atomic mass is 31.2. The molecule has 450 valence electrons. The van der Waals surface area contributed by atoms with Crippen LogP contribution in [0.3, 0.4) is 0 Å². The minimum atomic E-state index is -4.46. The van der Waals surface area contributed by atoms with Crippen LogP contribution in [0.15, 0.2) is 60.8 Å². The van der Waals surface area contributed by atoms with Crippen molar-refractivity contribution in [2.45, 2.75) is 315 Å². The topological polar surface area (TPSA) is 111 Å². The van der Waals surface area contributed by atoms with Crippen LogP contribution in [0.2, 0.25) is 0 Å². The zero-order valence-electron chi connectivity index (χ0n) is 51.5. The maximum absolute atomic E-state index is 13.5. The summed E-state index contributed by atoms with van der Waals surface area (Å²) in [7, 11) is 1.48. The number of esters is 1. The minimum absolute atomic E-state index is 0.0337. The number of carbonyl (C=O) groups excluding carboxylic acids is 2. The van der Waals surface area contributed by atoms with Crippen LogP contribution >= 0.6 is 7.82 Å². The van der Waals surface area contributed by atoms with E-state index in [1.807, 2.05) is 33.3 Å². The van der Waals surface area contributed by atoms with Gasteiger partial charge in [0, 0.05) is 12.8 Å². The third kappa shape index (κ3) is 58.2. The lowest BCUT2D eigenvalue weighted by Crippen LogP contribution is -2.47. The van der Waals surface area contributed by atoms with Crippen LogP contribution in [-0.2, 0) is 27.9 Å². The van der Waals surface area contributed by atoms with Crippen molar-refractivity contribution in [1.82, 2.24) is 5.32 Å². The maximum Gasteiger partial charge on any atom is 0.472 e. The summed E-state index contributed by atoms with van der Waals surface area (Å²) in [6.07, 6.45) is 72.3. The Kier molecular flexibility index (Phi) is 55.3. The van der Waals surface area contributed by atoms with E-state index in [4.69, 9.17) is 13.8 Å². The molecule has 10 heteroatoms. The van der Waals surface area contributed by atoms with Gasteiger partial charge < -0.3 is 19.4 Å². The zero-order chi connectivity index (χ0) is 56.4. The number of hydrogen-bond acceptors (Lipinski definition) is 6. The summed E-state index contributed by atoms with van der Waals surface area (Å²) in [6.45, 7) is 6.90. The van der Waals surface area contributed by atoms with Crippen LogP contribution < -0.4 is 5.32 Å². The quantitative estimate of drug-likeness (QED) is 0.0205. The SMILES string of the molecule is CC/C=C/C/C=C/C/C=C/C/C=C/CCCCCC(=O)NC(COP(=O)(O)OCC[N+](C)(C)C)C(/C=C\CCCCCCCCCCCC)OC(=O)CCCCCCCCCCCCCCCCCCCCCCCCC. The molecule has 0 saturated carbocycles. The Labute approximate surface area is 477 Å². The summed E-state index contributed by atoms with van der Waals surface area (Å²) < 4.78 is 30.7. The lowest BCUT2D eigenvalue weighted by atomic mass is 10.0. The Morgan fingerprint density at radius 3 is 1.26 bits per heavy atom. The largest absolute Gasteiger partial charge is 0.472 e. The number of rotatable bonds is 59. The molecule has 77 heavy (non-hydrogen) atoms. The first-order valence-electron chi connectivity index (χ1n) is 32.6. The molecule has 0 spiro atoms. The Balaban J connectivity index is 5.16. The molecule has 1 amide bonds. The third-order valence-corrected chi connectivity index (χ3v) is 15.5. The molecule has 3 atom stereocenters. The van der Waals surface area contributed by atoms with Gasteiger partial charge in [0.1, 0.15) is 19.3 Å². The molecule has 0 aliphatic rings. The number of quaternary nitrogens is 1. The summed E-state index contributed by atoms with van der Waals surface area (Å²) >= 11 is 0. The average Bonchev–Trinajstić information content (AvgIpc) is 3.39. The summed E-state index contributed by atoms with van der Waals surface area (Å²) in [6, 6.07) is -0.864. The van der Waals surface area contributed by atoms with Gasteiger partial charge in [0.25, 0.3) is 0 Å². The fourth-order valence-corrected chi connectivity index (χ4v) is 10.2. The van der Waals surface area contributed by atoms with Gasteiger partial charge in [-0.05, 0) is 70.3 Å². The summed E-state index contributed by atoms with van der Waals surface area (Å²) in [5.74, 6) is -0.532. The van der Waals surface area contributed by atoms with Crippen LogP contribution in [0.25, 0.3) is 0 Å². The fourth-order valence-electron chi connectivity index (χ4n) is 9.46. The first kappa shape index (κ1) is 74.7. The molecule has 2 N–H and O–H groups in total. The zero-order valence-corrected chi connectivity index (χ0v) is 52.3. The molecule has 0 rings (SSSR count). The molecule has 3 unspecified atom stereocenters. The van der Waals surface area contributed by atoms with E-state index in [1.165, 1.54) is 180 Å². The predicted octanol–water partition coefficient (Wildman–Crippen LogP) is 20.2. The molecule has 0 saturated heterocycles. The second-order valence-electron chi connectivity index (χ2n) is 23.3. The van der Waals surface area contributed by atoms with E-state index in [0.29, 0.717) is 23.9 Å². The Morgan fingerprint density at radius 2 is 0.831 bits per heavy atom. The van der Waals surface area contributed by atoms with E-state index in [2.05, 4.69) is 74.7 Å². The van der Waals surface area contributed by atoms with E-state index < -0.39 is 20.0 Å². The standard InChI is InChI=1S/C67H125N2O7P/c1-7-10-13-16-19-22-25-28-30-32-33-34-35-36-37-38-40-42-45-48-51-54-57-60-67(71)76-65(58-55-52-49-46-43-27-24-21-18-15-12-9-3)64(63-75-77(72,73)74-62-61-69(4,5)6)68-66(70)59-56-53-50-47-44-41-39-31-29-26-23-20-17-14-11-8-2/h11,14,20,23,29,31,41,44,55,58,64-65H,7-10,12-13,15-19,21-22,24-28,30,32-40,42-43,45-54,56-57,59-63H2,1-6H3,(H-,68,70,72,73)/p+1/b14-11+,23-20+,31-29+,44-41+,58-55-. The predicted molar refractivity (Wildman–Crippen MR) is 332 cm³/mol. The van der Waals surface area contributed by atoms with Crippen LogP contribution in [0.1, 0.15) is 303 Å². The number of hydrogen-bond donors (Lipinski definition) is 2. The first-order valence-corrected chi connectivity index (χ1v) is 34.1. The number of amides is 1. The van der Waals surface area contributed by atoms with E-state index in [1.54, 1.807) is 0 Å². The second-order valence-corrected chi connectivity index (χ2v) is 24.7. The van der Waals surface area contributed by atoms with Crippen molar-refractivity contribution < 1.29 is 37.3 Å². The van der Waals surface area contributed by atoms with Gasteiger partial charge in [-0.2, -0.15) is 0 Å². The molecule has 0 fully saturated rings. The van der Waals surface area contributed by atoms with E-state index >= 15 is 0 Å². The monoisotopic (exact) mass is 1100 g/mol. The van der Waals surface area contributed by atoms with Crippen molar-refractivity contribution >= 4 is 19.7 Å². The summed E-state index contributed by atoms with van der Waals surface area (Å²) in [4.78, 5) is 37.7. The molecule has 0 heterocycles. The summed E-state index contributed by atoms with van der Waals surface area (Å²) in [5.41, 5.74) is 0. The lowest BCUT2D eigenvalue weighted by Gasteiger charge is -2.27. The molecule has 9 nitrogen and oxygen atoms in total. The van der Waals surface area contributed by atoms with E-state index in [-0.39, 0.29) is 31.5 Å². The summed E-state index contributed by atoms with van der Waals surface area (Å²) in [5, 5.41) is 3.04. The first-order chi connectivity index (χ1) is 37.4.